The Morgan fingerprint density at radius 2 is 1.67 bits per heavy atom. The maximum absolute atomic E-state index is 9.28. The molecule has 0 spiro atoms. The minimum absolute atomic E-state index is 0.201. The second-order valence-corrected chi connectivity index (χ2v) is 4.46. The van der Waals surface area contributed by atoms with E-state index in [0.29, 0.717) is 23.6 Å². The van der Waals surface area contributed by atoms with Gasteiger partial charge < -0.3 is 19.8 Å². The van der Waals surface area contributed by atoms with E-state index in [9.17, 15) is 10.3 Å². The molecule has 5 nitrogen and oxygen atoms in total. The normalized spacial score (nSPS) is 11.2. The second kappa shape index (κ2) is 6.65. The zero-order chi connectivity index (χ0) is 15.2. The van der Waals surface area contributed by atoms with E-state index in [4.69, 9.17) is 9.47 Å². The summed E-state index contributed by atoms with van der Waals surface area (Å²) >= 11 is 0. The van der Waals surface area contributed by atoms with Gasteiger partial charge in [0.1, 0.15) is 5.75 Å². The van der Waals surface area contributed by atoms with E-state index in [1.54, 1.807) is 56.7 Å². The van der Waals surface area contributed by atoms with E-state index in [1.165, 1.54) is 0 Å². The molecule has 0 aliphatic carbocycles. The molecule has 2 rings (SSSR count). The van der Waals surface area contributed by atoms with Gasteiger partial charge in [0.05, 0.1) is 19.9 Å². The van der Waals surface area contributed by atoms with Crippen LogP contribution < -0.4 is 9.47 Å². The third-order valence-electron chi connectivity index (χ3n) is 3.15. The van der Waals surface area contributed by atoms with Gasteiger partial charge in [-0.3, -0.25) is 0 Å². The number of ether oxygens (including phenoxy) is 2. The lowest BCUT2D eigenvalue weighted by Gasteiger charge is -2.10. The number of rotatable bonds is 5. The molecule has 0 atom stereocenters. The van der Waals surface area contributed by atoms with E-state index in [0.717, 1.165) is 11.1 Å². The van der Waals surface area contributed by atoms with Crippen molar-refractivity contribution in [2.24, 2.45) is 5.16 Å². The lowest BCUT2D eigenvalue weighted by molar-refractivity contribution is 0.318. The Morgan fingerprint density at radius 1 is 1.00 bits per heavy atom. The predicted molar refractivity (Wildman–Crippen MR) is 79.7 cm³/mol. The van der Waals surface area contributed by atoms with Crippen LogP contribution in [0.25, 0.3) is 0 Å². The Bertz CT molecular complexity index is 635. The van der Waals surface area contributed by atoms with Gasteiger partial charge in [-0.05, 0) is 35.9 Å². The van der Waals surface area contributed by atoms with E-state index in [1.807, 2.05) is 0 Å². The van der Waals surface area contributed by atoms with Gasteiger partial charge in [0.15, 0.2) is 11.5 Å². The predicted octanol–water partition coefficient (Wildman–Crippen LogP) is 2.83. The topological polar surface area (TPSA) is 71.3 Å². The first-order chi connectivity index (χ1) is 10.2. The van der Waals surface area contributed by atoms with E-state index in [2.05, 4.69) is 5.16 Å². The highest BCUT2D eigenvalue weighted by Gasteiger charge is 2.10. The smallest absolute Gasteiger partial charge is 0.161 e. The number of hydrogen-bond donors (Lipinski definition) is 2. The van der Waals surface area contributed by atoms with Crippen LogP contribution in [0.5, 0.6) is 17.2 Å². The van der Waals surface area contributed by atoms with Crippen LogP contribution in [0.3, 0.4) is 0 Å². The highest BCUT2D eigenvalue weighted by Crippen LogP contribution is 2.28. The number of phenolic OH excluding ortho intramolecular Hbond substituents is 1. The van der Waals surface area contributed by atoms with Crippen molar-refractivity contribution >= 4 is 5.71 Å². The van der Waals surface area contributed by atoms with E-state index in [-0.39, 0.29) is 5.75 Å². The van der Waals surface area contributed by atoms with Crippen LogP contribution in [0.1, 0.15) is 11.1 Å². The molecular formula is C16H17NO4. The summed E-state index contributed by atoms with van der Waals surface area (Å²) in [5.41, 5.74) is 2.17. The summed E-state index contributed by atoms with van der Waals surface area (Å²) in [6.07, 6.45) is 0.437. The molecule has 0 fully saturated rings. The average Bonchev–Trinajstić information content (AvgIpc) is 2.53. The maximum Gasteiger partial charge on any atom is 0.161 e. The lowest BCUT2D eigenvalue weighted by atomic mass is 10.0. The van der Waals surface area contributed by atoms with Gasteiger partial charge >= 0.3 is 0 Å². The van der Waals surface area contributed by atoms with Gasteiger partial charge in [-0.25, -0.2) is 0 Å². The number of benzene rings is 2. The van der Waals surface area contributed by atoms with Crippen LogP contribution in [0.2, 0.25) is 0 Å². The molecular weight excluding hydrogens is 270 g/mol. The number of hydrogen-bond acceptors (Lipinski definition) is 5. The molecule has 0 heterocycles. The molecule has 0 saturated carbocycles. The monoisotopic (exact) mass is 287 g/mol. The third kappa shape index (κ3) is 3.45. The largest absolute Gasteiger partial charge is 0.508 e. The van der Waals surface area contributed by atoms with Crippen molar-refractivity contribution in [3.63, 3.8) is 0 Å². The molecule has 110 valence electrons. The van der Waals surface area contributed by atoms with Crippen molar-refractivity contribution in [1.82, 2.24) is 0 Å². The number of nitrogens with zero attached hydrogens (tertiary/aromatic N) is 1. The molecule has 0 radical (unpaired) electrons. The fourth-order valence-corrected chi connectivity index (χ4v) is 2.02. The van der Waals surface area contributed by atoms with Crippen LogP contribution in [0.15, 0.2) is 47.6 Å². The number of methoxy groups -OCH3 is 2. The van der Waals surface area contributed by atoms with Gasteiger partial charge in [-0.1, -0.05) is 17.3 Å². The highest BCUT2D eigenvalue weighted by atomic mass is 16.5. The van der Waals surface area contributed by atoms with Gasteiger partial charge in [-0.15, -0.1) is 0 Å². The Hall–Kier alpha value is -2.69. The minimum Gasteiger partial charge on any atom is -0.508 e. The first-order valence-electron chi connectivity index (χ1n) is 6.39. The fourth-order valence-electron chi connectivity index (χ4n) is 2.02. The Labute approximate surface area is 123 Å². The second-order valence-electron chi connectivity index (χ2n) is 4.46. The highest BCUT2D eigenvalue weighted by molar-refractivity contribution is 6.02. The lowest BCUT2D eigenvalue weighted by Crippen LogP contribution is -2.06. The Balaban J connectivity index is 2.27. The third-order valence-corrected chi connectivity index (χ3v) is 3.15. The molecule has 0 bridgehead atoms. The standard InChI is InChI=1S/C16H17NO4/c1-20-15-8-5-12(10-16(15)21-2)14(17-19)9-11-3-6-13(18)7-4-11/h3-8,10,18-19H,9H2,1-2H3/b17-14-. The zero-order valence-electron chi connectivity index (χ0n) is 11.9. The summed E-state index contributed by atoms with van der Waals surface area (Å²) in [5, 5.41) is 21.9. The van der Waals surface area contributed by atoms with Crippen LogP contribution in [-0.2, 0) is 6.42 Å². The van der Waals surface area contributed by atoms with Crippen molar-refractivity contribution in [3.05, 3.63) is 53.6 Å². The molecule has 0 aliphatic rings. The molecule has 2 N–H and O–H groups in total. The number of phenols is 1. The fraction of sp³-hybridized carbons (Fsp3) is 0.188. The molecule has 5 heteroatoms. The number of aromatic hydroxyl groups is 1. The van der Waals surface area contributed by atoms with Crippen molar-refractivity contribution in [3.8, 4) is 17.2 Å². The first kappa shape index (κ1) is 14.7. The molecule has 0 aromatic heterocycles. The minimum atomic E-state index is 0.201. The summed E-state index contributed by atoms with van der Waals surface area (Å²) in [6.45, 7) is 0. The summed E-state index contributed by atoms with van der Waals surface area (Å²) in [5.74, 6) is 1.39. The Kier molecular flexibility index (Phi) is 4.66. The van der Waals surface area contributed by atoms with Gasteiger partial charge in [0.2, 0.25) is 0 Å². The quantitative estimate of drug-likeness (QED) is 0.504. The molecule has 2 aromatic carbocycles. The van der Waals surface area contributed by atoms with Crippen molar-refractivity contribution in [2.75, 3.05) is 14.2 Å². The molecule has 0 amide bonds. The van der Waals surface area contributed by atoms with Gasteiger partial charge in [-0.2, -0.15) is 0 Å². The van der Waals surface area contributed by atoms with Crippen LogP contribution in [0, 0.1) is 0 Å². The summed E-state index contributed by atoms with van der Waals surface area (Å²) < 4.78 is 10.4. The molecule has 0 aliphatic heterocycles. The van der Waals surface area contributed by atoms with Gasteiger partial charge in [0, 0.05) is 12.0 Å². The molecule has 0 unspecified atom stereocenters. The SMILES string of the molecule is COc1ccc(/C(Cc2ccc(O)cc2)=N\O)cc1OC. The first-order valence-corrected chi connectivity index (χ1v) is 6.39. The Morgan fingerprint density at radius 3 is 2.24 bits per heavy atom. The van der Waals surface area contributed by atoms with Crippen LogP contribution in [0.4, 0.5) is 0 Å². The van der Waals surface area contributed by atoms with E-state index >= 15 is 0 Å². The molecule has 21 heavy (non-hydrogen) atoms. The molecule has 2 aromatic rings. The summed E-state index contributed by atoms with van der Waals surface area (Å²) in [4.78, 5) is 0. The zero-order valence-corrected chi connectivity index (χ0v) is 11.9. The van der Waals surface area contributed by atoms with Crippen LogP contribution >= 0.6 is 0 Å². The van der Waals surface area contributed by atoms with Crippen molar-refractivity contribution in [2.45, 2.75) is 6.42 Å². The maximum atomic E-state index is 9.28. The average molecular weight is 287 g/mol. The summed E-state index contributed by atoms with van der Waals surface area (Å²) in [6, 6.07) is 12.1. The van der Waals surface area contributed by atoms with Crippen molar-refractivity contribution in [1.29, 1.82) is 0 Å². The number of oxime groups is 1. The van der Waals surface area contributed by atoms with Crippen LogP contribution in [-0.4, -0.2) is 30.2 Å². The van der Waals surface area contributed by atoms with Gasteiger partial charge in [0.25, 0.3) is 0 Å². The van der Waals surface area contributed by atoms with Crippen molar-refractivity contribution < 1.29 is 19.8 Å². The molecule has 0 saturated heterocycles. The van der Waals surface area contributed by atoms with E-state index < -0.39 is 0 Å². The summed E-state index contributed by atoms with van der Waals surface area (Å²) in [7, 11) is 3.12.